The summed E-state index contributed by atoms with van der Waals surface area (Å²) in [6.07, 6.45) is 3.35. The van der Waals surface area contributed by atoms with Crippen LogP contribution in [0.5, 0.6) is 0 Å². The lowest BCUT2D eigenvalue weighted by atomic mass is 9.84. The average molecular weight is 415 g/mol. The Balaban J connectivity index is 1.39. The number of rotatable bonds is 4. The maximum Gasteiger partial charge on any atom is 0.410 e. The number of aliphatic hydroxyl groups is 1. The Bertz CT molecular complexity index is 845. The lowest BCUT2D eigenvalue weighted by molar-refractivity contribution is -0.0485. The van der Waals surface area contributed by atoms with E-state index in [1.165, 1.54) is 0 Å². The number of nitrogens with zero attached hydrogens (tertiary/aromatic N) is 2. The minimum absolute atomic E-state index is 0.0161. The molecule has 1 aromatic heterocycles. The Morgan fingerprint density at radius 3 is 2.48 bits per heavy atom. The molecule has 6 heteroatoms. The summed E-state index contributed by atoms with van der Waals surface area (Å²) in [5.41, 5.74) is 1.28. The van der Waals surface area contributed by atoms with E-state index in [1.807, 2.05) is 35.2 Å². The number of aromatic nitrogens is 1. The third-order valence-corrected chi connectivity index (χ3v) is 6.92. The van der Waals surface area contributed by atoms with Crippen molar-refractivity contribution >= 4 is 17.4 Å². The van der Waals surface area contributed by atoms with Gasteiger partial charge in [-0.3, -0.25) is 0 Å². The highest BCUT2D eigenvalue weighted by Gasteiger charge is 2.50. The van der Waals surface area contributed by atoms with Crippen molar-refractivity contribution < 1.29 is 14.6 Å². The number of hydrogen-bond donors (Lipinski definition) is 1. The molecule has 1 aromatic carbocycles. The lowest BCUT2D eigenvalue weighted by Gasteiger charge is -2.43. The summed E-state index contributed by atoms with van der Waals surface area (Å²) in [5, 5.41) is 14.4. The van der Waals surface area contributed by atoms with E-state index >= 15 is 0 Å². The first kappa shape index (κ1) is 20.4. The molecule has 4 rings (SSSR count). The Labute approximate surface area is 176 Å². The highest BCUT2D eigenvalue weighted by Crippen LogP contribution is 2.43. The third-order valence-electron chi connectivity index (χ3n) is 6.07. The lowest BCUT2D eigenvalue weighted by Crippen LogP contribution is -2.54. The van der Waals surface area contributed by atoms with Crippen molar-refractivity contribution in [1.29, 1.82) is 0 Å². The van der Waals surface area contributed by atoms with Crippen molar-refractivity contribution in [1.82, 2.24) is 9.88 Å². The standard InChI is InChI=1S/C23H30N2O3S/c1-22(2,3)19-15-29-20(24-19)13-23(27)11-17-9-10-18(12-23)25(17)21(26)28-14-16-7-5-4-6-8-16/h4-8,15,17-18,27H,9-14H2,1-3H3. The van der Waals surface area contributed by atoms with Crippen molar-refractivity contribution in [3.63, 3.8) is 0 Å². The molecular formula is C23H30N2O3S. The molecule has 0 radical (unpaired) electrons. The van der Waals surface area contributed by atoms with Gasteiger partial charge in [-0.1, -0.05) is 51.1 Å². The molecule has 0 aliphatic carbocycles. The first-order valence-electron chi connectivity index (χ1n) is 10.4. The van der Waals surface area contributed by atoms with Crippen molar-refractivity contribution in [3.05, 3.63) is 52.0 Å². The molecule has 2 aliphatic rings. The van der Waals surface area contributed by atoms with Gasteiger partial charge in [0.05, 0.1) is 16.3 Å². The van der Waals surface area contributed by atoms with Crippen LogP contribution in [0.4, 0.5) is 4.79 Å². The number of carbonyl (C=O) groups is 1. The van der Waals surface area contributed by atoms with Crippen LogP contribution < -0.4 is 0 Å². The van der Waals surface area contributed by atoms with E-state index in [1.54, 1.807) is 11.3 Å². The van der Waals surface area contributed by atoms with Crippen LogP contribution in [-0.2, 0) is 23.2 Å². The molecule has 2 bridgehead atoms. The fraction of sp³-hybridized carbons (Fsp3) is 0.565. The van der Waals surface area contributed by atoms with Crippen molar-refractivity contribution in [2.45, 2.75) is 82.6 Å². The molecule has 3 heterocycles. The molecule has 2 aliphatic heterocycles. The van der Waals surface area contributed by atoms with Crippen LogP contribution in [0.3, 0.4) is 0 Å². The Morgan fingerprint density at radius 1 is 1.24 bits per heavy atom. The minimum Gasteiger partial charge on any atom is -0.445 e. The maximum absolute atomic E-state index is 12.7. The average Bonchev–Trinajstić information content (AvgIpc) is 3.23. The second-order valence-corrected chi connectivity index (χ2v) is 10.5. The van der Waals surface area contributed by atoms with E-state index < -0.39 is 5.60 Å². The number of piperidine rings is 1. The van der Waals surface area contributed by atoms with Gasteiger partial charge < -0.3 is 14.7 Å². The van der Waals surface area contributed by atoms with Gasteiger partial charge in [-0.05, 0) is 31.2 Å². The number of benzene rings is 1. The summed E-state index contributed by atoms with van der Waals surface area (Å²) in [7, 11) is 0. The van der Waals surface area contributed by atoms with E-state index in [2.05, 4.69) is 26.2 Å². The quantitative estimate of drug-likeness (QED) is 0.789. The fourth-order valence-electron chi connectivity index (χ4n) is 4.58. The fourth-order valence-corrected chi connectivity index (χ4v) is 5.73. The third kappa shape index (κ3) is 4.48. The minimum atomic E-state index is -0.797. The molecule has 156 valence electrons. The maximum atomic E-state index is 12.7. The number of fused-ring (bicyclic) bond motifs is 2. The van der Waals surface area contributed by atoms with Crippen LogP contribution >= 0.6 is 11.3 Å². The van der Waals surface area contributed by atoms with Gasteiger partial charge in [-0.2, -0.15) is 0 Å². The monoisotopic (exact) mass is 414 g/mol. The van der Waals surface area contributed by atoms with Gasteiger partial charge in [0, 0.05) is 29.3 Å². The SMILES string of the molecule is CC(C)(C)c1csc(CC2(O)CC3CCC(C2)N3C(=O)OCc2ccccc2)n1. The van der Waals surface area contributed by atoms with E-state index in [0.29, 0.717) is 19.3 Å². The molecular weight excluding hydrogens is 384 g/mol. The first-order valence-corrected chi connectivity index (χ1v) is 11.3. The van der Waals surface area contributed by atoms with Gasteiger partial charge in [0.15, 0.2) is 0 Å². The van der Waals surface area contributed by atoms with Gasteiger partial charge in [0.25, 0.3) is 0 Å². The van der Waals surface area contributed by atoms with Crippen LogP contribution in [-0.4, -0.2) is 38.8 Å². The predicted molar refractivity (Wildman–Crippen MR) is 114 cm³/mol. The van der Waals surface area contributed by atoms with Gasteiger partial charge in [0.1, 0.15) is 6.61 Å². The van der Waals surface area contributed by atoms with E-state index in [0.717, 1.165) is 29.1 Å². The summed E-state index contributed by atoms with van der Waals surface area (Å²) in [4.78, 5) is 19.4. The van der Waals surface area contributed by atoms with Crippen LogP contribution in [0.25, 0.3) is 0 Å². The van der Waals surface area contributed by atoms with E-state index in [9.17, 15) is 9.90 Å². The molecule has 0 saturated carbocycles. The number of amides is 1. The second-order valence-electron chi connectivity index (χ2n) is 9.52. The smallest absolute Gasteiger partial charge is 0.410 e. The van der Waals surface area contributed by atoms with Crippen molar-refractivity contribution in [3.8, 4) is 0 Å². The summed E-state index contributed by atoms with van der Waals surface area (Å²) >= 11 is 1.63. The van der Waals surface area contributed by atoms with Gasteiger partial charge >= 0.3 is 6.09 Å². The van der Waals surface area contributed by atoms with Crippen molar-refractivity contribution in [2.24, 2.45) is 0 Å². The number of ether oxygens (including phenoxy) is 1. The largest absolute Gasteiger partial charge is 0.445 e. The van der Waals surface area contributed by atoms with Gasteiger partial charge in [0.2, 0.25) is 0 Å². The molecule has 0 spiro atoms. The number of thiazole rings is 1. The van der Waals surface area contributed by atoms with Crippen LogP contribution in [0.2, 0.25) is 0 Å². The van der Waals surface area contributed by atoms with Crippen LogP contribution in [0, 0.1) is 0 Å². The molecule has 2 saturated heterocycles. The highest BCUT2D eigenvalue weighted by molar-refractivity contribution is 7.09. The molecule has 1 N–H and O–H groups in total. The summed E-state index contributed by atoms with van der Waals surface area (Å²) < 4.78 is 5.57. The van der Waals surface area contributed by atoms with E-state index in [-0.39, 0.29) is 30.2 Å². The summed E-state index contributed by atoms with van der Waals surface area (Å²) in [6, 6.07) is 9.83. The molecule has 2 fully saturated rings. The van der Waals surface area contributed by atoms with Crippen LogP contribution in [0.1, 0.15) is 62.7 Å². The zero-order valence-corrected chi connectivity index (χ0v) is 18.2. The molecule has 1 amide bonds. The zero-order valence-electron chi connectivity index (χ0n) is 17.4. The normalized spacial score (nSPS) is 26.6. The number of hydrogen-bond acceptors (Lipinski definition) is 5. The molecule has 29 heavy (non-hydrogen) atoms. The molecule has 2 atom stereocenters. The Hall–Kier alpha value is -1.92. The topological polar surface area (TPSA) is 62.7 Å². The Kier molecular flexibility index (Phi) is 5.42. The van der Waals surface area contributed by atoms with Crippen molar-refractivity contribution in [2.75, 3.05) is 0 Å². The van der Waals surface area contributed by atoms with Crippen LogP contribution in [0.15, 0.2) is 35.7 Å². The van der Waals surface area contributed by atoms with E-state index in [4.69, 9.17) is 9.72 Å². The zero-order chi connectivity index (χ0) is 20.6. The molecule has 5 nitrogen and oxygen atoms in total. The van der Waals surface area contributed by atoms with Gasteiger partial charge in [-0.15, -0.1) is 11.3 Å². The Morgan fingerprint density at radius 2 is 1.90 bits per heavy atom. The summed E-state index contributed by atoms with van der Waals surface area (Å²) in [5.74, 6) is 0. The first-order chi connectivity index (χ1) is 13.7. The summed E-state index contributed by atoms with van der Waals surface area (Å²) in [6.45, 7) is 6.75. The highest BCUT2D eigenvalue weighted by atomic mass is 32.1. The predicted octanol–water partition coefficient (Wildman–Crippen LogP) is 4.68. The number of carbonyl (C=O) groups excluding carboxylic acids is 1. The molecule has 2 aromatic rings. The molecule has 2 unspecified atom stereocenters. The second kappa shape index (κ2) is 7.73. The van der Waals surface area contributed by atoms with Gasteiger partial charge in [-0.25, -0.2) is 9.78 Å².